The maximum absolute atomic E-state index is 8.26. The molecule has 0 saturated carbocycles. The lowest BCUT2D eigenvalue weighted by molar-refractivity contribution is 0.306. The van der Waals surface area contributed by atoms with Crippen molar-refractivity contribution in [2.45, 2.75) is 90.1 Å². The van der Waals surface area contributed by atoms with E-state index in [0.29, 0.717) is 11.4 Å². The highest BCUT2D eigenvalue weighted by atomic mass is 15.2. The molecule has 2 atom stereocenters. The molecule has 0 aromatic heterocycles. The Bertz CT molecular complexity index is 880. The van der Waals surface area contributed by atoms with Crippen LogP contribution in [-0.2, 0) is 0 Å². The topological polar surface area (TPSA) is 54.2 Å². The van der Waals surface area contributed by atoms with E-state index in [1.54, 1.807) is 0 Å². The largest absolute Gasteiger partial charge is 0.364 e. The molecule has 0 spiro atoms. The van der Waals surface area contributed by atoms with E-state index in [1.165, 1.54) is 73.9 Å². The Kier molecular flexibility index (Phi) is 8.42. The second-order valence-corrected chi connectivity index (χ2v) is 10.2. The van der Waals surface area contributed by atoms with Gasteiger partial charge in [-0.05, 0) is 62.8 Å². The second kappa shape index (κ2) is 11.7. The molecule has 0 aromatic rings. The molecular weight excluding hydrogens is 416 g/mol. The zero-order valence-electron chi connectivity index (χ0n) is 21.2. The smallest absolute Gasteiger partial charge is 0.0741 e. The fraction of sp³-hybridized carbons (Fsp3) is 0.533. The monoisotopic (exact) mass is 458 g/mol. The second-order valence-electron chi connectivity index (χ2n) is 10.2. The molecule has 0 saturated heterocycles. The number of hydrogen-bond donors (Lipinski definition) is 2. The summed E-state index contributed by atoms with van der Waals surface area (Å²) >= 11 is 0. The average Bonchev–Trinajstić information content (AvgIpc) is 2.83. The Morgan fingerprint density at radius 3 is 1.44 bits per heavy atom. The lowest BCUT2D eigenvalue weighted by Gasteiger charge is -2.39. The van der Waals surface area contributed by atoms with Crippen molar-refractivity contribution in [2.75, 3.05) is 13.1 Å². The Balaban J connectivity index is 1.08. The van der Waals surface area contributed by atoms with Gasteiger partial charge in [-0.25, -0.2) is 0 Å². The molecule has 0 bridgehead atoms. The number of fused-ring (bicyclic) bond motifs is 2. The molecule has 4 aliphatic rings. The molecule has 2 heterocycles. The Labute approximate surface area is 206 Å². The molecular formula is C30H42N4. The van der Waals surface area contributed by atoms with Gasteiger partial charge in [-0.15, -0.1) is 0 Å². The van der Waals surface area contributed by atoms with Gasteiger partial charge < -0.3 is 20.6 Å². The standard InChI is InChI=1S/C30H42N4/c1-23-21-27(31)25-15-9-11-17-29(25)33(23)19-13-7-5-3-4-6-8-14-20-34-24(2)22-28(32)26-16-10-12-18-30(26)34/h11-12,15-18,21-22,29-32H,3-10,13-14,19-20H2,1-2H3. The number of rotatable bonds is 11. The van der Waals surface area contributed by atoms with Gasteiger partial charge in [-0.3, -0.25) is 0 Å². The van der Waals surface area contributed by atoms with Gasteiger partial charge in [0.15, 0.2) is 0 Å². The van der Waals surface area contributed by atoms with E-state index in [1.807, 2.05) is 12.2 Å². The highest BCUT2D eigenvalue weighted by molar-refractivity contribution is 6.09. The molecule has 4 rings (SSSR count). The van der Waals surface area contributed by atoms with E-state index in [2.05, 4.69) is 60.1 Å². The van der Waals surface area contributed by atoms with Crippen LogP contribution in [0.2, 0.25) is 0 Å². The van der Waals surface area contributed by atoms with Crippen molar-refractivity contribution in [3.05, 3.63) is 71.1 Å². The molecule has 0 radical (unpaired) electrons. The Morgan fingerprint density at radius 1 is 0.647 bits per heavy atom. The van der Waals surface area contributed by atoms with Crippen LogP contribution in [0, 0.1) is 10.8 Å². The summed E-state index contributed by atoms with van der Waals surface area (Å²) in [7, 11) is 0. The predicted octanol–water partition coefficient (Wildman–Crippen LogP) is 7.10. The molecule has 2 N–H and O–H groups in total. The van der Waals surface area contributed by atoms with Crippen LogP contribution in [0.25, 0.3) is 0 Å². The van der Waals surface area contributed by atoms with Crippen molar-refractivity contribution >= 4 is 11.4 Å². The maximum Gasteiger partial charge on any atom is 0.0741 e. The van der Waals surface area contributed by atoms with Crippen LogP contribution in [0.4, 0.5) is 0 Å². The molecule has 2 unspecified atom stereocenters. The number of allylic oxidation sites excluding steroid dienone is 8. The van der Waals surface area contributed by atoms with Gasteiger partial charge >= 0.3 is 0 Å². The maximum atomic E-state index is 8.26. The molecule has 4 heteroatoms. The SMILES string of the molecule is CC1=CC(=N)C2=CCC=CC2N1CCCCCCCCCCN1C(C)=CC(=N)C2=CCC=CC21. The molecule has 0 amide bonds. The fourth-order valence-corrected chi connectivity index (χ4v) is 5.78. The summed E-state index contributed by atoms with van der Waals surface area (Å²) in [6.45, 7) is 6.49. The first-order valence-electron chi connectivity index (χ1n) is 13.4. The number of nitrogens with zero attached hydrogens (tertiary/aromatic N) is 2. The molecule has 34 heavy (non-hydrogen) atoms. The minimum absolute atomic E-state index is 0.283. The van der Waals surface area contributed by atoms with Crippen molar-refractivity contribution in [3.8, 4) is 0 Å². The highest BCUT2D eigenvalue weighted by Gasteiger charge is 2.28. The number of hydrogen-bond acceptors (Lipinski definition) is 4. The van der Waals surface area contributed by atoms with Crippen LogP contribution in [-0.4, -0.2) is 46.4 Å². The summed E-state index contributed by atoms with van der Waals surface area (Å²) in [5.74, 6) is 0. The van der Waals surface area contributed by atoms with Crippen molar-refractivity contribution in [3.63, 3.8) is 0 Å². The fourth-order valence-electron chi connectivity index (χ4n) is 5.78. The van der Waals surface area contributed by atoms with Crippen molar-refractivity contribution < 1.29 is 0 Å². The van der Waals surface area contributed by atoms with Crippen molar-refractivity contribution in [1.29, 1.82) is 10.8 Å². The molecule has 2 aliphatic carbocycles. The van der Waals surface area contributed by atoms with E-state index in [4.69, 9.17) is 10.8 Å². The molecule has 2 aliphatic heterocycles. The lowest BCUT2D eigenvalue weighted by Crippen LogP contribution is -2.40. The molecule has 182 valence electrons. The van der Waals surface area contributed by atoms with E-state index in [0.717, 1.165) is 25.9 Å². The van der Waals surface area contributed by atoms with E-state index >= 15 is 0 Å². The van der Waals surface area contributed by atoms with Crippen LogP contribution in [0.15, 0.2) is 71.1 Å². The Morgan fingerprint density at radius 2 is 1.03 bits per heavy atom. The van der Waals surface area contributed by atoms with Gasteiger partial charge in [0.1, 0.15) is 0 Å². The van der Waals surface area contributed by atoms with Crippen molar-refractivity contribution in [1.82, 2.24) is 9.80 Å². The normalized spacial score (nSPS) is 23.8. The molecule has 4 nitrogen and oxygen atoms in total. The molecule has 0 aromatic carbocycles. The highest BCUT2D eigenvalue weighted by Crippen LogP contribution is 2.29. The zero-order chi connectivity index (χ0) is 23.9. The van der Waals surface area contributed by atoms with E-state index in [-0.39, 0.29) is 12.1 Å². The summed E-state index contributed by atoms with van der Waals surface area (Å²) < 4.78 is 0. The van der Waals surface area contributed by atoms with Crippen LogP contribution in [0.5, 0.6) is 0 Å². The van der Waals surface area contributed by atoms with E-state index in [9.17, 15) is 0 Å². The third kappa shape index (κ3) is 5.71. The summed E-state index contributed by atoms with van der Waals surface area (Å²) in [6, 6.07) is 0.566. The van der Waals surface area contributed by atoms with Gasteiger partial charge in [0, 0.05) is 24.5 Å². The quantitative estimate of drug-likeness (QED) is 0.256. The number of nitrogens with one attached hydrogen (secondary N) is 2. The minimum Gasteiger partial charge on any atom is -0.364 e. The average molecular weight is 459 g/mol. The summed E-state index contributed by atoms with van der Waals surface area (Å²) in [4.78, 5) is 4.97. The first kappa shape index (κ1) is 24.5. The van der Waals surface area contributed by atoms with Crippen LogP contribution < -0.4 is 0 Å². The van der Waals surface area contributed by atoms with Crippen LogP contribution in [0.3, 0.4) is 0 Å². The Hall–Kier alpha value is -2.62. The van der Waals surface area contributed by atoms with Gasteiger partial charge in [0.25, 0.3) is 0 Å². The van der Waals surface area contributed by atoms with Gasteiger partial charge in [-0.2, -0.15) is 0 Å². The summed E-state index contributed by atoms with van der Waals surface area (Å²) in [5.41, 5.74) is 6.24. The first-order chi connectivity index (χ1) is 16.6. The lowest BCUT2D eigenvalue weighted by atomic mass is 9.90. The van der Waals surface area contributed by atoms with Crippen molar-refractivity contribution in [2.24, 2.45) is 0 Å². The van der Waals surface area contributed by atoms with E-state index < -0.39 is 0 Å². The third-order valence-corrected chi connectivity index (χ3v) is 7.68. The summed E-state index contributed by atoms with van der Waals surface area (Å²) in [5, 5.41) is 16.5. The molecule has 0 fully saturated rings. The first-order valence-corrected chi connectivity index (χ1v) is 13.4. The van der Waals surface area contributed by atoms with Gasteiger partial charge in [0.05, 0.1) is 23.5 Å². The van der Waals surface area contributed by atoms with Gasteiger partial charge in [-0.1, -0.05) is 75.0 Å². The number of unbranched alkanes of at least 4 members (excludes halogenated alkanes) is 7. The predicted molar refractivity (Wildman–Crippen MR) is 145 cm³/mol. The minimum atomic E-state index is 0.283. The van der Waals surface area contributed by atoms with Gasteiger partial charge in [0.2, 0.25) is 0 Å². The third-order valence-electron chi connectivity index (χ3n) is 7.68. The zero-order valence-corrected chi connectivity index (χ0v) is 21.2. The summed E-state index contributed by atoms with van der Waals surface area (Å²) in [6.07, 6.45) is 29.9. The van der Waals surface area contributed by atoms with Crippen LogP contribution in [0.1, 0.15) is 78.1 Å². The van der Waals surface area contributed by atoms with Crippen LogP contribution >= 0.6 is 0 Å².